The fourth-order valence-corrected chi connectivity index (χ4v) is 4.72. The molecule has 2 rings (SSSR count). The Hall–Kier alpha value is -2.37. The lowest BCUT2D eigenvalue weighted by Gasteiger charge is -2.35. The molecule has 0 spiro atoms. The lowest BCUT2D eigenvalue weighted by molar-refractivity contribution is -0.142. The van der Waals surface area contributed by atoms with Crippen LogP contribution in [0.2, 0.25) is 0 Å². The number of aliphatic hydroxyl groups is 1. The van der Waals surface area contributed by atoms with Crippen LogP contribution in [-0.2, 0) is 9.53 Å². The third-order valence-corrected chi connectivity index (χ3v) is 7.07. The topological polar surface area (TPSA) is 91.3 Å². The van der Waals surface area contributed by atoms with Crippen LogP contribution < -0.4 is 10.1 Å². The molecule has 11 heteroatoms. The second-order valence-corrected chi connectivity index (χ2v) is 10.9. The third kappa shape index (κ3) is 11.2. The van der Waals surface area contributed by atoms with Gasteiger partial charge in [-0.2, -0.15) is 13.2 Å². The number of hydrogen-bond donors (Lipinski definition) is 2. The van der Waals surface area contributed by atoms with Crippen molar-refractivity contribution in [1.29, 1.82) is 0 Å². The van der Waals surface area contributed by atoms with Gasteiger partial charge in [0, 0.05) is 37.7 Å². The number of benzene rings is 1. The molecular formula is C29H46F3N3O5. The van der Waals surface area contributed by atoms with Crippen LogP contribution in [0, 0.1) is 5.92 Å². The minimum Gasteiger partial charge on any atom is -0.490 e. The molecule has 0 bridgehead atoms. The van der Waals surface area contributed by atoms with Gasteiger partial charge in [-0.05, 0) is 71.3 Å². The van der Waals surface area contributed by atoms with Crippen molar-refractivity contribution in [1.82, 2.24) is 9.80 Å². The van der Waals surface area contributed by atoms with Crippen LogP contribution in [0.25, 0.3) is 0 Å². The van der Waals surface area contributed by atoms with E-state index in [0.29, 0.717) is 25.4 Å². The molecule has 228 valence electrons. The summed E-state index contributed by atoms with van der Waals surface area (Å²) in [5.74, 6) is -0.945. The van der Waals surface area contributed by atoms with Gasteiger partial charge in [0.25, 0.3) is 5.91 Å². The van der Waals surface area contributed by atoms with Crippen LogP contribution in [0.1, 0.15) is 76.6 Å². The van der Waals surface area contributed by atoms with Crippen LogP contribution in [0.15, 0.2) is 18.2 Å². The molecule has 1 aromatic carbocycles. The second kappa shape index (κ2) is 16.2. The molecular weight excluding hydrogens is 527 g/mol. The van der Waals surface area contributed by atoms with Crippen molar-refractivity contribution in [2.45, 2.75) is 90.6 Å². The highest BCUT2D eigenvalue weighted by molar-refractivity contribution is 5.99. The maximum atomic E-state index is 14.0. The molecule has 0 radical (unpaired) electrons. The summed E-state index contributed by atoms with van der Waals surface area (Å²) < 4.78 is 50.2. The van der Waals surface area contributed by atoms with Crippen LogP contribution in [0.3, 0.4) is 0 Å². The van der Waals surface area contributed by atoms with Gasteiger partial charge in [-0.25, -0.2) is 0 Å². The average Bonchev–Trinajstić information content (AvgIpc) is 2.88. The Morgan fingerprint density at radius 3 is 2.65 bits per heavy atom. The minimum atomic E-state index is -4.45. The van der Waals surface area contributed by atoms with Crippen LogP contribution in [0.4, 0.5) is 18.9 Å². The molecule has 0 unspecified atom stereocenters. The molecule has 0 aromatic heterocycles. The van der Waals surface area contributed by atoms with Crippen molar-refractivity contribution in [2.24, 2.45) is 5.92 Å². The Morgan fingerprint density at radius 1 is 1.27 bits per heavy atom. The average molecular weight is 574 g/mol. The monoisotopic (exact) mass is 573 g/mol. The second-order valence-electron chi connectivity index (χ2n) is 10.9. The lowest BCUT2D eigenvalue weighted by atomic mass is 10.0. The van der Waals surface area contributed by atoms with Gasteiger partial charge in [0.1, 0.15) is 5.75 Å². The summed E-state index contributed by atoms with van der Waals surface area (Å²) in [6.45, 7) is 10.1. The molecule has 1 aliphatic rings. The van der Waals surface area contributed by atoms with E-state index in [1.807, 2.05) is 20.9 Å². The Morgan fingerprint density at radius 2 is 2.00 bits per heavy atom. The summed E-state index contributed by atoms with van der Waals surface area (Å²) in [5.41, 5.74) is 0.370. The highest BCUT2D eigenvalue weighted by atomic mass is 19.4. The van der Waals surface area contributed by atoms with E-state index < -0.39 is 36.9 Å². The number of rotatable bonds is 9. The van der Waals surface area contributed by atoms with Gasteiger partial charge >= 0.3 is 6.18 Å². The number of nitrogens with one attached hydrogen (secondary N) is 1. The van der Waals surface area contributed by atoms with Crippen LogP contribution in [0.5, 0.6) is 5.75 Å². The molecule has 2 amide bonds. The molecule has 1 aromatic rings. The number of ether oxygens (including phenoxy) is 2. The van der Waals surface area contributed by atoms with E-state index in [1.165, 1.54) is 12.1 Å². The number of nitrogens with zero attached hydrogens (tertiary/aromatic N) is 2. The smallest absolute Gasteiger partial charge is 0.389 e. The molecule has 1 heterocycles. The zero-order chi connectivity index (χ0) is 29.9. The summed E-state index contributed by atoms with van der Waals surface area (Å²) in [6.07, 6.45) is -3.27. The fourth-order valence-electron chi connectivity index (χ4n) is 4.72. The first kappa shape index (κ1) is 33.8. The highest BCUT2D eigenvalue weighted by Gasteiger charge is 2.31. The van der Waals surface area contributed by atoms with E-state index in [9.17, 15) is 27.9 Å². The molecule has 4 atom stereocenters. The number of alkyl halides is 3. The standard InChI is InChI=1S/C29H46F3N3O5/c1-6-14-34(5)18-26-20(2)17-35(21(3)19-36)28(38)24-16-23(33-27(37)12-13-29(30,31)32)10-11-25(24)40-22(4)9-7-8-15-39-26/h10-11,16,20-22,26,36H,6-9,12-15,17-19H2,1-5H3,(H,33,37)/t20-,21-,22+,26-/m1/s1. The number of aliphatic hydroxyl groups excluding tert-OH is 1. The largest absolute Gasteiger partial charge is 0.490 e. The predicted octanol–water partition coefficient (Wildman–Crippen LogP) is 5.10. The van der Waals surface area contributed by atoms with Crippen molar-refractivity contribution < 1.29 is 37.3 Å². The van der Waals surface area contributed by atoms with Gasteiger partial charge in [-0.3, -0.25) is 9.59 Å². The van der Waals surface area contributed by atoms with Gasteiger partial charge in [-0.15, -0.1) is 0 Å². The maximum absolute atomic E-state index is 14.0. The Kier molecular flexibility index (Phi) is 13.7. The molecule has 0 fully saturated rings. The molecule has 40 heavy (non-hydrogen) atoms. The molecule has 0 saturated heterocycles. The minimum absolute atomic E-state index is 0.0613. The third-order valence-electron chi connectivity index (χ3n) is 7.07. The van der Waals surface area contributed by atoms with Crippen molar-refractivity contribution in [3.63, 3.8) is 0 Å². The van der Waals surface area contributed by atoms with Gasteiger partial charge < -0.3 is 29.7 Å². The number of likely N-dealkylation sites (N-methyl/N-ethyl adjacent to an activating group) is 1. The first-order valence-electron chi connectivity index (χ1n) is 14.2. The number of hydrogen-bond acceptors (Lipinski definition) is 6. The maximum Gasteiger partial charge on any atom is 0.389 e. The molecule has 8 nitrogen and oxygen atoms in total. The first-order valence-corrected chi connectivity index (χ1v) is 14.2. The van der Waals surface area contributed by atoms with Gasteiger partial charge in [0.05, 0.1) is 36.8 Å². The van der Waals surface area contributed by atoms with E-state index in [0.717, 1.165) is 32.2 Å². The fraction of sp³-hybridized carbons (Fsp3) is 0.724. The van der Waals surface area contributed by atoms with Crippen LogP contribution in [-0.4, -0.2) is 91.0 Å². The van der Waals surface area contributed by atoms with Crippen LogP contribution >= 0.6 is 0 Å². The van der Waals surface area contributed by atoms with Crippen molar-refractivity contribution >= 4 is 17.5 Å². The zero-order valence-electron chi connectivity index (χ0n) is 24.4. The summed E-state index contributed by atoms with van der Waals surface area (Å²) in [6, 6.07) is 3.99. The summed E-state index contributed by atoms with van der Waals surface area (Å²) in [7, 11) is 2.05. The summed E-state index contributed by atoms with van der Waals surface area (Å²) in [5, 5.41) is 12.5. The summed E-state index contributed by atoms with van der Waals surface area (Å²) in [4.78, 5) is 30.0. The summed E-state index contributed by atoms with van der Waals surface area (Å²) >= 11 is 0. The normalized spacial score (nSPS) is 22.3. The number of amides is 2. The van der Waals surface area contributed by atoms with Crippen molar-refractivity contribution in [3.05, 3.63) is 23.8 Å². The quantitative estimate of drug-likeness (QED) is 0.427. The van der Waals surface area contributed by atoms with E-state index in [-0.39, 0.29) is 36.0 Å². The SMILES string of the molecule is CCCN(C)C[C@H]1OCCCC[C@H](C)Oc2ccc(NC(=O)CCC(F)(F)F)cc2C(=O)N([C@H](C)CO)C[C@H]1C. The van der Waals surface area contributed by atoms with E-state index in [4.69, 9.17) is 9.47 Å². The number of halogens is 3. The van der Waals surface area contributed by atoms with E-state index in [1.54, 1.807) is 17.9 Å². The Labute approximate surface area is 236 Å². The number of carbonyl (C=O) groups is 2. The number of anilines is 1. The van der Waals surface area contributed by atoms with Crippen molar-refractivity contribution in [3.8, 4) is 5.75 Å². The van der Waals surface area contributed by atoms with E-state index in [2.05, 4.69) is 17.1 Å². The highest BCUT2D eigenvalue weighted by Crippen LogP contribution is 2.29. The van der Waals surface area contributed by atoms with Gasteiger partial charge in [0.2, 0.25) is 5.91 Å². The van der Waals surface area contributed by atoms with E-state index >= 15 is 0 Å². The first-order chi connectivity index (χ1) is 18.8. The molecule has 1 aliphatic heterocycles. The van der Waals surface area contributed by atoms with Gasteiger partial charge in [0.15, 0.2) is 0 Å². The number of fused-ring (bicyclic) bond motifs is 1. The van der Waals surface area contributed by atoms with Crippen molar-refractivity contribution in [2.75, 3.05) is 45.2 Å². The lowest BCUT2D eigenvalue weighted by Crippen LogP contribution is -2.47. The Balaban J connectivity index is 2.42. The molecule has 0 aliphatic carbocycles. The van der Waals surface area contributed by atoms with Gasteiger partial charge in [-0.1, -0.05) is 13.8 Å². The number of carbonyl (C=O) groups excluding carboxylic acids is 2. The predicted molar refractivity (Wildman–Crippen MR) is 149 cm³/mol. The molecule has 2 N–H and O–H groups in total. The zero-order valence-corrected chi connectivity index (χ0v) is 24.4. The Bertz CT molecular complexity index is 946. The molecule has 0 saturated carbocycles.